The molecule has 0 atom stereocenters. The molecule has 0 amide bonds. The second kappa shape index (κ2) is 7.34. The lowest BCUT2D eigenvalue weighted by Crippen LogP contribution is -2.33. The summed E-state index contributed by atoms with van der Waals surface area (Å²) in [6.45, 7) is 15.2. The topological polar surface area (TPSA) is 21.3 Å². The van der Waals surface area contributed by atoms with Gasteiger partial charge in [-0.15, -0.1) is 0 Å². The molecule has 0 aliphatic heterocycles. The van der Waals surface area contributed by atoms with Gasteiger partial charge < -0.3 is 10.1 Å². The van der Waals surface area contributed by atoms with Gasteiger partial charge in [0, 0.05) is 18.7 Å². The number of nitrogens with one attached hydrogen (secondary N) is 1. The number of hydrogen-bond donors (Lipinski definition) is 1. The van der Waals surface area contributed by atoms with Crippen molar-refractivity contribution in [1.82, 2.24) is 5.32 Å². The molecule has 1 N–H and O–H groups in total. The summed E-state index contributed by atoms with van der Waals surface area (Å²) in [6.07, 6.45) is 1.77. The molecule has 0 unspecified atom stereocenters. The molecule has 0 heterocycles. The van der Waals surface area contributed by atoms with E-state index in [9.17, 15) is 0 Å². The van der Waals surface area contributed by atoms with Gasteiger partial charge in [0.2, 0.25) is 0 Å². The molecule has 2 heteroatoms. The van der Waals surface area contributed by atoms with Crippen molar-refractivity contribution in [1.29, 1.82) is 0 Å². The number of ether oxygens (including phenoxy) is 1. The van der Waals surface area contributed by atoms with Gasteiger partial charge in [0.1, 0.15) is 12.4 Å². The molecule has 2 nitrogen and oxygen atoms in total. The highest BCUT2D eigenvalue weighted by Gasteiger charge is 2.21. The summed E-state index contributed by atoms with van der Waals surface area (Å²) < 4.78 is 5.66. The van der Waals surface area contributed by atoms with Gasteiger partial charge in [0.25, 0.3) is 0 Å². The number of benzene rings is 1. The van der Waals surface area contributed by atoms with E-state index in [1.807, 2.05) is 18.2 Å². The van der Waals surface area contributed by atoms with Gasteiger partial charge >= 0.3 is 0 Å². The first-order chi connectivity index (χ1) is 8.97. The van der Waals surface area contributed by atoms with Gasteiger partial charge in [-0.3, -0.25) is 0 Å². The maximum atomic E-state index is 5.66. The first-order valence-corrected chi connectivity index (χ1v) is 6.99. The van der Waals surface area contributed by atoms with Crippen LogP contribution in [0.25, 0.3) is 0 Å². The van der Waals surface area contributed by atoms with Crippen molar-refractivity contribution >= 4 is 0 Å². The van der Waals surface area contributed by atoms with E-state index < -0.39 is 0 Å². The van der Waals surface area contributed by atoms with Crippen molar-refractivity contribution in [3.63, 3.8) is 0 Å². The Labute approximate surface area is 117 Å². The maximum Gasteiger partial charge on any atom is 0.124 e. The van der Waals surface area contributed by atoms with Crippen LogP contribution in [0.1, 0.15) is 33.3 Å². The molecule has 0 saturated heterocycles. The van der Waals surface area contributed by atoms with Crippen molar-refractivity contribution in [2.45, 2.75) is 34.2 Å². The molecule has 19 heavy (non-hydrogen) atoms. The SMILES string of the molecule is C=CCOc1ccccc1CNCC(C)(C)C(C)C. The van der Waals surface area contributed by atoms with Crippen molar-refractivity contribution < 1.29 is 4.74 Å². The predicted molar refractivity (Wildman–Crippen MR) is 82.5 cm³/mol. The van der Waals surface area contributed by atoms with Crippen LogP contribution in [-0.4, -0.2) is 13.2 Å². The third-order valence-electron chi connectivity index (χ3n) is 3.79. The van der Waals surface area contributed by atoms with E-state index in [2.05, 4.69) is 45.7 Å². The average Bonchev–Trinajstić information content (AvgIpc) is 2.37. The van der Waals surface area contributed by atoms with Crippen LogP contribution in [-0.2, 0) is 6.54 Å². The summed E-state index contributed by atoms with van der Waals surface area (Å²) in [4.78, 5) is 0. The molecule has 1 aromatic carbocycles. The standard InChI is InChI=1S/C17H27NO/c1-6-11-19-16-10-8-7-9-15(16)12-18-13-17(4,5)14(2)3/h6-10,14,18H,1,11-13H2,2-5H3. The maximum absolute atomic E-state index is 5.66. The molecule has 0 fully saturated rings. The first-order valence-electron chi connectivity index (χ1n) is 6.99. The molecular formula is C17H27NO. The van der Waals surface area contributed by atoms with E-state index in [-0.39, 0.29) is 0 Å². The van der Waals surface area contributed by atoms with Crippen LogP contribution in [0, 0.1) is 11.3 Å². The summed E-state index contributed by atoms with van der Waals surface area (Å²) in [5.41, 5.74) is 1.50. The van der Waals surface area contributed by atoms with E-state index >= 15 is 0 Å². The molecule has 0 bridgehead atoms. The van der Waals surface area contributed by atoms with Crippen LogP contribution in [0.3, 0.4) is 0 Å². The van der Waals surface area contributed by atoms with Crippen LogP contribution in [0.5, 0.6) is 5.75 Å². The van der Waals surface area contributed by atoms with Crippen molar-refractivity contribution in [3.05, 3.63) is 42.5 Å². The lowest BCUT2D eigenvalue weighted by molar-refractivity contribution is 0.237. The molecule has 106 valence electrons. The second-order valence-corrected chi connectivity index (χ2v) is 5.95. The van der Waals surface area contributed by atoms with Gasteiger partial charge in [0.05, 0.1) is 0 Å². The summed E-state index contributed by atoms with van der Waals surface area (Å²) in [7, 11) is 0. The number of hydrogen-bond acceptors (Lipinski definition) is 2. The molecule has 1 aromatic rings. The molecule has 0 aliphatic rings. The molecule has 0 spiro atoms. The Hall–Kier alpha value is -1.28. The summed E-state index contributed by atoms with van der Waals surface area (Å²) >= 11 is 0. The fraction of sp³-hybridized carbons (Fsp3) is 0.529. The van der Waals surface area contributed by atoms with E-state index in [1.165, 1.54) is 5.56 Å². The average molecular weight is 261 g/mol. The Bertz CT molecular complexity index is 396. The van der Waals surface area contributed by atoms with Gasteiger partial charge in [-0.1, -0.05) is 58.5 Å². The Balaban J connectivity index is 2.55. The second-order valence-electron chi connectivity index (χ2n) is 5.95. The Morgan fingerprint density at radius 2 is 2.00 bits per heavy atom. The largest absolute Gasteiger partial charge is 0.489 e. The Morgan fingerprint density at radius 3 is 2.63 bits per heavy atom. The van der Waals surface area contributed by atoms with E-state index in [1.54, 1.807) is 6.08 Å². The minimum Gasteiger partial charge on any atom is -0.489 e. The minimum absolute atomic E-state index is 0.302. The molecule has 1 rings (SSSR count). The highest BCUT2D eigenvalue weighted by Crippen LogP contribution is 2.25. The fourth-order valence-corrected chi connectivity index (χ4v) is 1.66. The van der Waals surface area contributed by atoms with Crippen LogP contribution < -0.4 is 10.1 Å². The Kier molecular flexibility index (Phi) is 6.10. The van der Waals surface area contributed by atoms with Crippen LogP contribution >= 0.6 is 0 Å². The summed E-state index contributed by atoms with van der Waals surface area (Å²) in [6, 6.07) is 8.16. The number of para-hydroxylation sites is 1. The van der Waals surface area contributed by atoms with Crippen LogP contribution in [0.15, 0.2) is 36.9 Å². The monoisotopic (exact) mass is 261 g/mol. The lowest BCUT2D eigenvalue weighted by atomic mass is 9.81. The minimum atomic E-state index is 0.302. The van der Waals surface area contributed by atoms with Crippen LogP contribution in [0.2, 0.25) is 0 Å². The highest BCUT2D eigenvalue weighted by molar-refractivity contribution is 5.33. The lowest BCUT2D eigenvalue weighted by Gasteiger charge is -2.29. The van der Waals surface area contributed by atoms with Crippen molar-refractivity contribution in [3.8, 4) is 5.75 Å². The van der Waals surface area contributed by atoms with Gasteiger partial charge in [0.15, 0.2) is 0 Å². The van der Waals surface area contributed by atoms with E-state index in [0.29, 0.717) is 17.9 Å². The summed E-state index contributed by atoms with van der Waals surface area (Å²) in [5.74, 6) is 1.60. The first kappa shape index (κ1) is 15.8. The Morgan fingerprint density at radius 1 is 1.32 bits per heavy atom. The third kappa shape index (κ3) is 5.07. The molecule has 0 aromatic heterocycles. The van der Waals surface area contributed by atoms with Gasteiger partial charge in [-0.25, -0.2) is 0 Å². The molecule has 0 aliphatic carbocycles. The number of rotatable bonds is 8. The van der Waals surface area contributed by atoms with Gasteiger partial charge in [-0.2, -0.15) is 0 Å². The zero-order chi connectivity index (χ0) is 14.3. The van der Waals surface area contributed by atoms with Crippen molar-refractivity contribution in [2.75, 3.05) is 13.2 Å². The predicted octanol–water partition coefficient (Wildman–Crippen LogP) is 4.02. The van der Waals surface area contributed by atoms with E-state index in [0.717, 1.165) is 18.8 Å². The van der Waals surface area contributed by atoms with Crippen molar-refractivity contribution in [2.24, 2.45) is 11.3 Å². The van der Waals surface area contributed by atoms with E-state index in [4.69, 9.17) is 4.74 Å². The molecule has 0 saturated carbocycles. The third-order valence-corrected chi connectivity index (χ3v) is 3.79. The molecular weight excluding hydrogens is 234 g/mol. The molecule has 0 radical (unpaired) electrons. The highest BCUT2D eigenvalue weighted by atomic mass is 16.5. The normalized spacial score (nSPS) is 11.6. The zero-order valence-electron chi connectivity index (χ0n) is 12.7. The fourth-order valence-electron chi connectivity index (χ4n) is 1.66. The van der Waals surface area contributed by atoms with Gasteiger partial charge in [-0.05, 0) is 17.4 Å². The summed E-state index contributed by atoms with van der Waals surface area (Å²) in [5, 5.41) is 3.53. The zero-order valence-corrected chi connectivity index (χ0v) is 12.7. The quantitative estimate of drug-likeness (QED) is 0.714. The van der Waals surface area contributed by atoms with Crippen LogP contribution in [0.4, 0.5) is 0 Å². The smallest absolute Gasteiger partial charge is 0.124 e.